The zero-order valence-electron chi connectivity index (χ0n) is 13.2. The van der Waals surface area contributed by atoms with E-state index in [0.717, 1.165) is 13.0 Å². The predicted octanol–water partition coefficient (Wildman–Crippen LogP) is 5.22. The number of nitrogens with one attached hydrogen (secondary N) is 2. The van der Waals surface area contributed by atoms with Gasteiger partial charge in [-0.25, -0.2) is 0 Å². The largest absolute Gasteiger partial charge is 0.353 e. The molecule has 2 aromatic rings. The Balaban J connectivity index is 1.59. The lowest BCUT2D eigenvalue weighted by atomic mass is 9.97. The van der Waals surface area contributed by atoms with Crippen molar-refractivity contribution in [2.75, 3.05) is 17.2 Å². The molecule has 24 heavy (non-hydrogen) atoms. The van der Waals surface area contributed by atoms with Crippen LogP contribution in [0.2, 0.25) is 10.0 Å². The van der Waals surface area contributed by atoms with Gasteiger partial charge in [-0.1, -0.05) is 34.9 Å². The molecule has 0 spiro atoms. The second-order valence-electron chi connectivity index (χ2n) is 5.70. The Bertz CT molecular complexity index is 733. The lowest BCUT2D eigenvalue weighted by Gasteiger charge is -2.13. The Morgan fingerprint density at radius 1 is 1.17 bits per heavy atom. The van der Waals surface area contributed by atoms with E-state index >= 15 is 0 Å². The summed E-state index contributed by atoms with van der Waals surface area (Å²) >= 11 is 12.1. The average Bonchev–Trinajstić information content (AvgIpc) is 2.60. The van der Waals surface area contributed by atoms with Gasteiger partial charge in [0.05, 0.1) is 16.9 Å². The first-order chi connectivity index (χ1) is 11.7. The molecule has 0 saturated heterocycles. The van der Waals surface area contributed by atoms with Crippen LogP contribution in [0.1, 0.15) is 32.1 Å². The molecular formula is C17H19Cl2N5. The molecule has 5 nitrogen and oxygen atoms in total. The first-order valence-electron chi connectivity index (χ1n) is 8.04. The molecule has 126 valence electrons. The van der Waals surface area contributed by atoms with Crippen molar-refractivity contribution in [2.45, 2.75) is 32.1 Å². The van der Waals surface area contributed by atoms with Gasteiger partial charge in [-0.3, -0.25) is 0 Å². The number of hydrogen-bond acceptors (Lipinski definition) is 5. The number of benzene rings is 1. The zero-order chi connectivity index (χ0) is 16.8. The monoisotopic (exact) mass is 363 g/mol. The Kier molecular flexibility index (Phi) is 5.88. The molecule has 3 rings (SSSR count). The van der Waals surface area contributed by atoms with Crippen molar-refractivity contribution in [3.8, 4) is 0 Å². The summed E-state index contributed by atoms with van der Waals surface area (Å²) in [4.78, 5) is 4.40. The molecule has 0 radical (unpaired) electrons. The molecule has 0 aliphatic heterocycles. The average molecular weight is 364 g/mol. The van der Waals surface area contributed by atoms with E-state index in [1.807, 2.05) is 0 Å². The van der Waals surface area contributed by atoms with Gasteiger partial charge in [0.1, 0.15) is 0 Å². The fourth-order valence-corrected chi connectivity index (χ4v) is 2.97. The summed E-state index contributed by atoms with van der Waals surface area (Å²) in [5.41, 5.74) is 2.20. The molecule has 1 heterocycles. The van der Waals surface area contributed by atoms with Gasteiger partial charge >= 0.3 is 0 Å². The van der Waals surface area contributed by atoms with E-state index in [4.69, 9.17) is 23.2 Å². The highest BCUT2D eigenvalue weighted by Gasteiger charge is 2.06. The van der Waals surface area contributed by atoms with E-state index in [1.54, 1.807) is 24.4 Å². The molecule has 0 fully saturated rings. The maximum Gasteiger partial charge on any atom is 0.244 e. The van der Waals surface area contributed by atoms with Crippen molar-refractivity contribution in [1.82, 2.24) is 15.2 Å². The van der Waals surface area contributed by atoms with E-state index < -0.39 is 0 Å². The van der Waals surface area contributed by atoms with Crippen LogP contribution in [-0.4, -0.2) is 21.7 Å². The highest BCUT2D eigenvalue weighted by Crippen LogP contribution is 2.27. The Hall–Kier alpha value is -1.85. The minimum absolute atomic E-state index is 0.495. The number of anilines is 3. The van der Waals surface area contributed by atoms with E-state index in [-0.39, 0.29) is 0 Å². The van der Waals surface area contributed by atoms with Crippen LogP contribution in [0.3, 0.4) is 0 Å². The quantitative estimate of drug-likeness (QED) is 0.688. The SMILES string of the molecule is Clc1ccc(Cl)c(Nc2cnnc(NCCC3=CCCCC3)n2)c1. The van der Waals surface area contributed by atoms with E-state index in [1.165, 1.54) is 31.3 Å². The van der Waals surface area contributed by atoms with Crippen molar-refractivity contribution in [2.24, 2.45) is 0 Å². The Labute approximate surface area is 151 Å². The van der Waals surface area contributed by atoms with Crippen LogP contribution in [0.15, 0.2) is 36.0 Å². The van der Waals surface area contributed by atoms with Gasteiger partial charge in [0.15, 0.2) is 5.82 Å². The van der Waals surface area contributed by atoms with Crippen molar-refractivity contribution in [3.63, 3.8) is 0 Å². The minimum Gasteiger partial charge on any atom is -0.353 e. The van der Waals surface area contributed by atoms with E-state index in [9.17, 15) is 0 Å². The molecule has 1 aliphatic carbocycles. The van der Waals surface area contributed by atoms with Gasteiger partial charge in [-0.15, -0.1) is 5.10 Å². The first-order valence-corrected chi connectivity index (χ1v) is 8.80. The number of hydrogen-bond donors (Lipinski definition) is 2. The molecule has 0 unspecified atom stereocenters. The summed E-state index contributed by atoms with van der Waals surface area (Å²) in [6, 6.07) is 5.22. The van der Waals surface area contributed by atoms with Gasteiger partial charge in [-0.2, -0.15) is 10.1 Å². The molecule has 0 saturated carbocycles. The molecule has 0 amide bonds. The van der Waals surface area contributed by atoms with Gasteiger partial charge in [0.2, 0.25) is 5.95 Å². The number of nitrogens with zero attached hydrogens (tertiary/aromatic N) is 3. The molecule has 1 aromatic heterocycles. The van der Waals surface area contributed by atoms with E-state index in [0.29, 0.717) is 27.5 Å². The molecule has 0 bridgehead atoms. The molecule has 7 heteroatoms. The Morgan fingerprint density at radius 2 is 2.08 bits per heavy atom. The van der Waals surface area contributed by atoms with Crippen molar-refractivity contribution >= 4 is 40.7 Å². The number of aromatic nitrogens is 3. The van der Waals surface area contributed by atoms with Crippen LogP contribution >= 0.6 is 23.2 Å². The second-order valence-corrected chi connectivity index (χ2v) is 6.54. The fraction of sp³-hybridized carbons (Fsp3) is 0.353. The summed E-state index contributed by atoms with van der Waals surface area (Å²) in [5.74, 6) is 1.06. The lowest BCUT2D eigenvalue weighted by Crippen LogP contribution is -2.09. The summed E-state index contributed by atoms with van der Waals surface area (Å²) in [5, 5.41) is 15.5. The van der Waals surface area contributed by atoms with E-state index in [2.05, 4.69) is 31.9 Å². The number of rotatable bonds is 6. The lowest BCUT2D eigenvalue weighted by molar-refractivity contribution is 0.679. The maximum absolute atomic E-state index is 6.15. The normalized spacial score (nSPS) is 14.2. The molecule has 1 aromatic carbocycles. The van der Waals surface area contributed by atoms with Crippen LogP contribution in [0.4, 0.5) is 17.5 Å². The van der Waals surface area contributed by atoms with Gasteiger partial charge in [0.25, 0.3) is 0 Å². The molecular weight excluding hydrogens is 345 g/mol. The molecule has 2 N–H and O–H groups in total. The highest BCUT2D eigenvalue weighted by atomic mass is 35.5. The minimum atomic E-state index is 0.495. The summed E-state index contributed by atoms with van der Waals surface area (Å²) in [6.45, 7) is 0.800. The van der Waals surface area contributed by atoms with Gasteiger partial charge < -0.3 is 10.6 Å². The number of halogens is 2. The number of allylic oxidation sites excluding steroid dienone is 1. The summed E-state index contributed by atoms with van der Waals surface area (Å²) in [7, 11) is 0. The van der Waals surface area contributed by atoms with Gasteiger partial charge in [-0.05, 0) is 50.3 Å². The third-order valence-electron chi connectivity index (χ3n) is 3.86. The fourth-order valence-electron chi connectivity index (χ4n) is 2.64. The van der Waals surface area contributed by atoms with Crippen LogP contribution in [0, 0.1) is 0 Å². The highest BCUT2D eigenvalue weighted by molar-refractivity contribution is 6.35. The van der Waals surface area contributed by atoms with Crippen molar-refractivity contribution in [1.29, 1.82) is 0 Å². The topological polar surface area (TPSA) is 62.7 Å². The van der Waals surface area contributed by atoms with Crippen LogP contribution < -0.4 is 10.6 Å². The maximum atomic E-state index is 6.15. The summed E-state index contributed by atoms with van der Waals surface area (Å²) < 4.78 is 0. The van der Waals surface area contributed by atoms with Crippen LogP contribution in [0.25, 0.3) is 0 Å². The summed E-state index contributed by atoms with van der Waals surface area (Å²) in [6.07, 6.45) is 9.92. The van der Waals surface area contributed by atoms with Crippen molar-refractivity contribution < 1.29 is 0 Å². The molecule has 0 atom stereocenters. The molecule has 1 aliphatic rings. The smallest absolute Gasteiger partial charge is 0.244 e. The second kappa shape index (κ2) is 8.31. The zero-order valence-corrected chi connectivity index (χ0v) is 14.7. The van der Waals surface area contributed by atoms with Gasteiger partial charge in [0, 0.05) is 11.6 Å². The third-order valence-corrected chi connectivity index (χ3v) is 4.43. The van der Waals surface area contributed by atoms with Crippen LogP contribution in [-0.2, 0) is 0 Å². The Morgan fingerprint density at radius 3 is 2.92 bits per heavy atom. The van der Waals surface area contributed by atoms with Crippen LogP contribution in [0.5, 0.6) is 0 Å². The van der Waals surface area contributed by atoms with Crippen molar-refractivity contribution in [3.05, 3.63) is 46.1 Å². The third kappa shape index (κ3) is 4.82. The first kappa shape index (κ1) is 17.0. The standard InChI is InChI=1S/C17H19Cl2N5/c18-13-6-7-14(19)15(10-13)22-16-11-21-24-17(23-16)20-9-8-12-4-2-1-3-5-12/h4,6-7,10-11H,1-3,5,8-9H2,(H2,20,22,23,24). The predicted molar refractivity (Wildman–Crippen MR) is 99.2 cm³/mol.